The molecule has 2 aromatic carbocycles. The second kappa shape index (κ2) is 11.8. The number of aromatic hydroxyl groups is 1. The van der Waals surface area contributed by atoms with Gasteiger partial charge in [-0.3, -0.25) is 14.5 Å². The average Bonchev–Trinajstić information content (AvgIpc) is 2.78. The predicted molar refractivity (Wildman–Crippen MR) is 136 cm³/mol. The summed E-state index contributed by atoms with van der Waals surface area (Å²) in [6, 6.07) is 8.77. The lowest BCUT2D eigenvalue weighted by atomic mass is 9.99. The molecule has 0 bridgehead atoms. The number of terminal acetylenes is 1. The summed E-state index contributed by atoms with van der Waals surface area (Å²) in [7, 11) is 0. The maximum atomic E-state index is 13.6. The van der Waals surface area contributed by atoms with E-state index in [1.165, 1.54) is 6.07 Å². The quantitative estimate of drug-likeness (QED) is 0.329. The van der Waals surface area contributed by atoms with Gasteiger partial charge in [-0.15, -0.1) is 0 Å². The number of hydrogen-bond donors (Lipinski definition) is 4. The summed E-state index contributed by atoms with van der Waals surface area (Å²) in [5, 5.41) is 25.8. The Balaban J connectivity index is 2.51. The zero-order valence-electron chi connectivity index (χ0n) is 20.8. The average molecular weight is 516 g/mol. The van der Waals surface area contributed by atoms with E-state index in [0.29, 0.717) is 21.7 Å². The van der Waals surface area contributed by atoms with Gasteiger partial charge in [0.1, 0.15) is 17.4 Å². The number of halogens is 1. The van der Waals surface area contributed by atoms with Gasteiger partial charge in [0.05, 0.1) is 17.3 Å². The first-order valence-corrected chi connectivity index (χ1v) is 11.4. The molecule has 0 aliphatic carbocycles. The number of aliphatic hydroxyl groups excluding tert-OH is 1. The molecule has 0 radical (unpaired) electrons. The Labute approximate surface area is 215 Å². The molecule has 192 valence electrons. The Morgan fingerprint density at radius 2 is 1.75 bits per heavy atom. The van der Waals surface area contributed by atoms with Crippen LogP contribution in [0.1, 0.15) is 43.5 Å². The van der Waals surface area contributed by atoms with Gasteiger partial charge in [0.25, 0.3) is 11.8 Å². The van der Waals surface area contributed by atoms with Crippen molar-refractivity contribution >= 4 is 35.2 Å². The lowest BCUT2D eigenvalue weighted by molar-refractivity contribution is -0.137. The zero-order valence-corrected chi connectivity index (χ0v) is 21.5. The second-order valence-electron chi connectivity index (χ2n) is 9.05. The van der Waals surface area contributed by atoms with Crippen LogP contribution in [-0.2, 0) is 14.3 Å². The molecule has 0 spiro atoms. The van der Waals surface area contributed by atoms with Crippen molar-refractivity contribution in [2.45, 2.75) is 52.3 Å². The van der Waals surface area contributed by atoms with E-state index < -0.39 is 42.2 Å². The van der Waals surface area contributed by atoms with Crippen LogP contribution in [-0.4, -0.2) is 51.3 Å². The predicted octanol–water partition coefficient (Wildman–Crippen LogP) is 3.65. The number of benzene rings is 2. The normalized spacial score (nSPS) is 12.6. The molecule has 0 fully saturated rings. The third kappa shape index (κ3) is 6.90. The number of carbonyl (C=O) groups is 3. The van der Waals surface area contributed by atoms with E-state index in [1.54, 1.807) is 65.0 Å². The number of para-hydroxylation sites is 2. The highest BCUT2D eigenvalue weighted by Gasteiger charge is 2.37. The number of nitrogens with zero attached hydrogens (tertiary/aromatic N) is 1. The minimum Gasteiger partial charge on any atom is -0.507 e. The Bertz CT molecular complexity index is 1160. The van der Waals surface area contributed by atoms with Gasteiger partial charge in [0, 0.05) is 11.6 Å². The maximum Gasteiger partial charge on any atom is 0.408 e. The molecule has 2 unspecified atom stereocenters. The molecule has 10 heteroatoms. The van der Waals surface area contributed by atoms with Gasteiger partial charge >= 0.3 is 6.09 Å². The summed E-state index contributed by atoms with van der Waals surface area (Å²) in [6.07, 6.45) is 4.70. The van der Waals surface area contributed by atoms with Crippen molar-refractivity contribution in [1.82, 2.24) is 10.2 Å². The summed E-state index contributed by atoms with van der Waals surface area (Å²) in [6.45, 7) is 7.43. The van der Waals surface area contributed by atoms with Crippen LogP contribution in [0.5, 0.6) is 5.75 Å². The topological polar surface area (TPSA) is 128 Å². The van der Waals surface area contributed by atoms with Crippen LogP contribution in [0, 0.1) is 26.3 Å². The standard InChI is InChI=1S/C26H30ClN3O6/c1-7-30(24(34)19(14-31)28-25(35)36-26(4,5)6)21(17-12-8-11-16(3)22(17)32)23(33)29-20-15(2)10-9-13-18(20)27/h1,8-13,19,21,31-32H,14H2,2-6H3,(H,28,35)(H,29,33). The van der Waals surface area contributed by atoms with Gasteiger partial charge in [-0.1, -0.05) is 48.4 Å². The van der Waals surface area contributed by atoms with E-state index in [2.05, 4.69) is 16.7 Å². The lowest BCUT2D eigenvalue weighted by Crippen LogP contribution is -2.52. The fraction of sp³-hybridized carbons (Fsp3) is 0.346. The number of nitrogens with one attached hydrogen (secondary N) is 2. The SMILES string of the molecule is C#CN(C(=O)C(CO)NC(=O)OC(C)(C)C)C(C(=O)Nc1c(C)cccc1Cl)c1cccc(C)c1O. The molecule has 0 heterocycles. The van der Waals surface area contributed by atoms with E-state index in [0.717, 1.165) is 0 Å². The van der Waals surface area contributed by atoms with Crippen LogP contribution in [0.15, 0.2) is 36.4 Å². The summed E-state index contributed by atoms with van der Waals surface area (Å²) < 4.78 is 5.15. The maximum absolute atomic E-state index is 13.6. The molecule has 4 N–H and O–H groups in total. The van der Waals surface area contributed by atoms with E-state index in [4.69, 9.17) is 22.8 Å². The number of phenols is 1. The Hall–Kier alpha value is -3.74. The molecule has 0 saturated heterocycles. The third-order valence-electron chi connectivity index (χ3n) is 5.09. The minimum atomic E-state index is -1.53. The number of rotatable bonds is 7. The number of aliphatic hydroxyl groups is 1. The van der Waals surface area contributed by atoms with Crippen molar-refractivity contribution in [3.63, 3.8) is 0 Å². The first-order chi connectivity index (χ1) is 16.8. The summed E-state index contributed by atoms with van der Waals surface area (Å²) in [5.41, 5.74) is 0.575. The van der Waals surface area contributed by atoms with Crippen molar-refractivity contribution in [3.8, 4) is 18.2 Å². The highest BCUT2D eigenvalue weighted by molar-refractivity contribution is 6.34. The minimum absolute atomic E-state index is 0.0393. The number of anilines is 1. The third-order valence-corrected chi connectivity index (χ3v) is 5.40. The number of alkyl carbamates (subject to hydrolysis) is 1. The molecule has 0 aromatic heterocycles. The molecule has 3 amide bonds. The number of aryl methyl sites for hydroxylation is 2. The van der Waals surface area contributed by atoms with Gasteiger partial charge in [0.2, 0.25) is 0 Å². The van der Waals surface area contributed by atoms with Crippen LogP contribution in [0.3, 0.4) is 0 Å². The van der Waals surface area contributed by atoms with Crippen molar-refractivity contribution in [1.29, 1.82) is 0 Å². The van der Waals surface area contributed by atoms with Crippen LogP contribution in [0.25, 0.3) is 0 Å². The second-order valence-corrected chi connectivity index (χ2v) is 9.46. The van der Waals surface area contributed by atoms with Crippen molar-refractivity contribution in [2.75, 3.05) is 11.9 Å². The zero-order chi connectivity index (χ0) is 27.2. The Morgan fingerprint density at radius 1 is 1.14 bits per heavy atom. The van der Waals surface area contributed by atoms with Gasteiger partial charge in [-0.25, -0.2) is 4.79 Å². The van der Waals surface area contributed by atoms with Crippen molar-refractivity contribution < 1.29 is 29.3 Å². The number of hydrogen-bond acceptors (Lipinski definition) is 6. The van der Waals surface area contributed by atoms with Crippen LogP contribution < -0.4 is 10.6 Å². The molecular formula is C26H30ClN3O6. The van der Waals surface area contributed by atoms with E-state index in [1.807, 2.05) is 0 Å². The number of ether oxygens (including phenoxy) is 1. The van der Waals surface area contributed by atoms with Crippen LogP contribution in [0.4, 0.5) is 10.5 Å². The monoisotopic (exact) mass is 515 g/mol. The summed E-state index contributed by atoms with van der Waals surface area (Å²) in [4.78, 5) is 39.9. The molecule has 36 heavy (non-hydrogen) atoms. The molecule has 0 aliphatic heterocycles. The van der Waals surface area contributed by atoms with E-state index in [9.17, 15) is 24.6 Å². The highest BCUT2D eigenvalue weighted by atomic mass is 35.5. The summed E-state index contributed by atoms with van der Waals surface area (Å²) in [5.74, 6) is -1.99. The molecule has 2 rings (SSSR count). The van der Waals surface area contributed by atoms with E-state index >= 15 is 0 Å². The molecular weight excluding hydrogens is 486 g/mol. The van der Waals surface area contributed by atoms with Crippen molar-refractivity contribution in [3.05, 3.63) is 58.1 Å². The van der Waals surface area contributed by atoms with Crippen molar-refractivity contribution in [2.24, 2.45) is 0 Å². The molecule has 0 saturated carbocycles. The van der Waals surface area contributed by atoms with Gasteiger partial charge in [-0.2, -0.15) is 0 Å². The summed E-state index contributed by atoms with van der Waals surface area (Å²) >= 11 is 6.26. The van der Waals surface area contributed by atoms with Crippen LogP contribution >= 0.6 is 11.6 Å². The first kappa shape index (κ1) is 28.5. The molecule has 9 nitrogen and oxygen atoms in total. The van der Waals surface area contributed by atoms with Gasteiger partial charge in [-0.05, 0) is 51.8 Å². The largest absolute Gasteiger partial charge is 0.507 e. The fourth-order valence-corrected chi connectivity index (χ4v) is 3.62. The molecule has 2 aromatic rings. The van der Waals surface area contributed by atoms with Crippen LogP contribution in [0.2, 0.25) is 5.02 Å². The van der Waals surface area contributed by atoms with Gasteiger partial charge < -0.3 is 25.6 Å². The van der Waals surface area contributed by atoms with E-state index in [-0.39, 0.29) is 16.3 Å². The first-order valence-electron chi connectivity index (χ1n) is 11.0. The molecule has 2 atom stereocenters. The number of phenolic OH excluding ortho intramolecular Hbond substituents is 1. The lowest BCUT2D eigenvalue weighted by Gasteiger charge is -2.30. The molecule has 0 aliphatic rings. The fourth-order valence-electron chi connectivity index (χ4n) is 3.35. The van der Waals surface area contributed by atoms with Gasteiger partial charge in [0.15, 0.2) is 6.04 Å². The highest BCUT2D eigenvalue weighted by Crippen LogP contribution is 2.34. The smallest absolute Gasteiger partial charge is 0.408 e. The number of carbonyl (C=O) groups excluding carboxylic acids is 3. The number of amides is 3. The Morgan fingerprint density at radius 3 is 2.31 bits per heavy atom. The Kier molecular flexibility index (Phi) is 9.34.